The number of aryl methyl sites for hydroxylation is 2. The van der Waals surface area contributed by atoms with Gasteiger partial charge in [-0.1, -0.05) is 18.2 Å². The highest BCUT2D eigenvalue weighted by Gasteiger charge is 2.29. The van der Waals surface area contributed by atoms with Crippen molar-refractivity contribution < 1.29 is 9.53 Å². The molecule has 0 saturated heterocycles. The molecule has 1 N–H and O–H groups in total. The summed E-state index contributed by atoms with van der Waals surface area (Å²) in [6.45, 7) is 3.95. The molecular weight excluding hydrogens is 342 g/mol. The van der Waals surface area contributed by atoms with Gasteiger partial charge in [-0.2, -0.15) is 0 Å². The summed E-state index contributed by atoms with van der Waals surface area (Å²) >= 11 is 3.03. The Bertz CT molecular complexity index is 891. The van der Waals surface area contributed by atoms with Gasteiger partial charge in [0.05, 0.1) is 21.3 Å². The molecule has 0 radical (unpaired) electrons. The van der Waals surface area contributed by atoms with Gasteiger partial charge in [0.2, 0.25) is 0 Å². The first-order valence-electron chi connectivity index (χ1n) is 7.55. The Hall–Kier alpha value is -2.25. The Balaban J connectivity index is 1.47. The van der Waals surface area contributed by atoms with Gasteiger partial charge < -0.3 is 4.74 Å². The van der Waals surface area contributed by atoms with Crippen LogP contribution in [0.2, 0.25) is 0 Å². The van der Waals surface area contributed by atoms with Crippen LogP contribution >= 0.6 is 22.7 Å². The quantitative estimate of drug-likeness (QED) is 0.774. The molecule has 5 nitrogen and oxygen atoms in total. The Morgan fingerprint density at radius 1 is 1.29 bits per heavy atom. The standard InChI is InChI=1S/C17H15N3O2S2/c1-9-15(24-10(2)18-9)12-8-23-17(19-12)20-16(21)14-7-11-5-3-4-6-13(11)22-14/h3-6,8,14H,7H2,1-2H3,(H,19,20,21). The van der Waals surface area contributed by atoms with E-state index in [4.69, 9.17) is 4.74 Å². The molecule has 0 bridgehead atoms. The van der Waals surface area contributed by atoms with Gasteiger partial charge >= 0.3 is 0 Å². The monoisotopic (exact) mass is 357 g/mol. The number of nitrogens with zero attached hydrogens (tertiary/aromatic N) is 2. The fourth-order valence-corrected chi connectivity index (χ4v) is 4.38. The molecule has 122 valence electrons. The molecule has 7 heteroatoms. The normalized spacial score (nSPS) is 15.8. The summed E-state index contributed by atoms with van der Waals surface area (Å²) in [5, 5.41) is 6.40. The SMILES string of the molecule is Cc1nc(C)c(-c2csc(NC(=O)C3Cc4ccccc4O3)n2)s1. The number of anilines is 1. The number of rotatable bonds is 3. The van der Waals surface area contributed by atoms with E-state index in [1.165, 1.54) is 11.3 Å². The number of thiazole rings is 2. The largest absolute Gasteiger partial charge is 0.480 e. The topological polar surface area (TPSA) is 64.1 Å². The minimum Gasteiger partial charge on any atom is -0.480 e. The van der Waals surface area contributed by atoms with Crippen LogP contribution < -0.4 is 10.1 Å². The van der Waals surface area contributed by atoms with E-state index in [-0.39, 0.29) is 5.91 Å². The first-order chi connectivity index (χ1) is 11.6. The lowest BCUT2D eigenvalue weighted by Gasteiger charge is -2.09. The van der Waals surface area contributed by atoms with Gasteiger partial charge in [-0.05, 0) is 25.5 Å². The second-order valence-electron chi connectivity index (χ2n) is 5.59. The maximum absolute atomic E-state index is 12.4. The van der Waals surface area contributed by atoms with Gasteiger partial charge in [0.25, 0.3) is 5.91 Å². The molecule has 1 atom stereocenters. The number of amides is 1. The average Bonchev–Trinajstić information content (AvgIpc) is 3.25. The van der Waals surface area contributed by atoms with Crippen molar-refractivity contribution in [1.82, 2.24) is 9.97 Å². The fraction of sp³-hybridized carbons (Fsp3) is 0.235. The third-order valence-corrected chi connectivity index (χ3v) is 5.66. The van der Waals surface area contributed by atoms with Crippen LogP contribution in [0.25, 0.3) is 10.6 Å². The Morgan fingerprint density at radius 2 is 2.12 bits per heavy atom. The number of aromatic nitrogens is 2. The molecule has 1 aliphatic rings. The van der Waals surface area contributed by atoms with Gasteiger partial charge in [-0.25, -0.2) is 9.97 Å². The molecule has 24 heavy (non-hydrogen) atoms. The zero-order valence-corrected chi connectivity index (χ0v) is 14.8. The van der Waals surface area contributed by atoms with Gasteiger partial charge in [0, 0.05) is 11.8 Å². The van der Waals surface area contributed by atoms with E-state index in [1.807, 2.05) is 43.5 Å². The molecule has 1 unspecified atom stereocenters. The number of carbonyl (C=O) groups excluding carboxylic acids is 1. The Kier molecular flexibility index (Phi) is 3.82. The van der Waals surface area contributed by atoms with E-state index >= 15 is 0 Å². The number of benzene rings is 1. The van der Waals surface area contributed by atoms with Crippen LogP contribution in [0.3, 0.4) is 0 Å². The maximum atomic E-state index is 12.4. The second-order valence-corrected chi connectivity index (χ2v) is 7.65. The molecule has 1 amide bonds. The number of nitrogens with one attached hydrogen (secondary N) is 1. The average molecular weight is 357 g/mol. The first-order valence-corrected chi connectivity index (χ1v) is 9.25. The number of fused-ring (bicyclic) bond motifs is 1. The van der Waals surface area contributed by atoms with Crippen molar-refractivity contribution >= 4 is 33.7 Å². The number of carbonyl (C=O) groups is 1. The van der Waals surface area contributed by atoms with Crippen molar-refractivity contribution in [3.63, 3.8) is 0 Å². The molecule has 0 spiro atoms. The molecule has 3 heterocycles. The van der Waals surface area contributed by atoms with E-state index in [2.05, 4.69) is 15.3 Å². The van der Waals surface area contributed by atoms with Gasteiger partial charge in [-0.3, -0.25) is 10.1 Å². The van der Waals surface area contributed by atoms with Gasteiger partial charge in [-0.15, -0.1) is 22.7 Å². The summed E-state index contributed by atoms with van der Waals surface area (Å²) in [7, 11) is 0. The number of hydrogen-bond donors (Lipinski definition) is 1. The molecule has 0 fully saturated rings. The van der Waals surface area contributed by atoms with E-state index < -0.39 is 6.10 Å². The summed E-state index contributed by atoms with van der Waals surface area (Å²) in [5.41, 5.74) is 2.89. The molecule has 1 aromatic carbocycles. The number of para-hydroxylation sites is 1. The Morgan fingerprint density at radius 3 is 2.88 bits per heavy atom. The third kappa shape index (κ3) is 2.81. The summed E-state index contributed by atoms with van der Waals surface area (Å²) in [4.78, 5) is 22.4. The van der Waals surface area contributed by atoms with Crippen LogP contribution in [0.15, 0.2) is 29.6 Å². The zero-order valence-electron chi connectivity index (χ0n) is 13.2. The summed E-state index contributed by atoms with van der Waals surface area (Å²) in [5.74, 6) is 0.623. The van der Waals surface area contributed by atoms with Gasteiger partial charge in [0.15, 0.2) is 11.2 Å². The minimum absolute atomic E-state index is 0.163. The second kappa shape index (κ2) is 5.99. The highest BCUT2D eigenvalue weighted by atomic mass is 32.1. The van der Waals surface area contributed by atoms with Crippen LogP contribution in [-0.2, 0) is 11.2 Å². The zero-order chi connectivity index (χ0) is 16.7. The van der Waals surface area contributed by atoms with Crippen LogP contribution in [0.5, 0.6) is 5.75 Å². The lowest BCUT2D eigenvalue weighted by molar-refractivity contribution is -0.122. The summed E-state index contributed by atoms with van der Waals surface area (Å²) in [6.07, 6.45) is 0.0926. The summed E-state index contributed by atoms with van der Waals surface area (Å²) < 4.78 is 5.71. The third-order valence-electron chi connectivity index (χ3n) is 3.81. The minimum atomic E-state index is -0.498. The van der Waals surface area contributed by atoms with E-state index in [0.717, 1.165) is 32.6 Å². The maximum Gasteiger partial charge on any atom is 0.267 e. The van der Waals surface area contributed by atoms with E-state index in [1.54, 1.807) is 11.3 Å². The highest BCUT2D eigenvalue weighted by molar-refractivity contribution is 7.16. The van der Waals surface area contributed by atoms with Gasteiger partial charge in [0.1, 0.15) is 5.75 Å². The van der Waals surface area contributed by atoms with E-state index in [9.17, 15) is 4.79 Å². The predicted molar refractivity (Wildman–Crippen MR) is 95.9 cm³/mol. The molecule has 4 rings (SSSR count). The lowest BCUT2D eigenvalue weighted by atomic mass is 10.1. The fourth-order valence-electron chi connectivity index (χ4n) is 2.72. The molecule has 0 aliphatic carbocycles. The number of hydrogen-bond acceptors (Lipinski definition) is 6. The Labute approximate surface area is 147 Å². The first kappa shape index (κ1) is 15.3. The molecule has 1 aliphatic heterocycles. The van der Waals surface area contributed by atoms with E-state index in [0.29, 0.717) is 11.6 Å². The predicted octanol–water partition coefficient (Wildman–Crippen LogP) is 3.83. The van der Waals surface area contributed by atoms with Crippen LogP contribution in [0.1, 0.15) is 16.3 Å². The highest BCUT2D eigenvalue weighted by Crippen LogP contribution is 2.33. The van der Waals surface area contributed by atoms with Crippen molar-refractivity contribution in [2.24, 2.45) is 0 Å². The van der Waals surface area contributed by atoms with Crippen LogP contribution in [-0.4, -0.2) is 22.0 Å². The number of ether oxygens (including phenoxy) is 1. The smallest absolute Gasteiger partial charge is 0.267 e. The van der Waals surface area contributed by atoms with Crippen molar-refractivity contribution in [3.05, 3.63) is 45.9 Å². The molecular formula is C17H15N3O2S2. The molecule has 0 saturated carbocycles. The van der Waals surface area contributed by atoms with Crippen molar-refractivity contribution in [2.45, 2.75) is 26.4 Å². The van der Waals surface area contributed by atoms with Crippen molar-refractivity contribution in [3.8, 4) is 16.3 Å². The van der Waals surface area contributed by atoms with Crippen LogP contribution in [0, 0.1) is 13.8 Å². The molecule has 3 aromatic rings. The van der Waals surface area contributed by atoms with Crippen molar-refractivity contribution in [1.29, 1.82) is 0 Å². The van der Waals surface area contributed by atoms with Crippen molar-refractivity contribution in [2.75, 3.05) is 5.32 Å². The lowest BCUT2D eigenvalue weighted by Crippen LogP contribution is -2.31. The summed E-state index contributed by atoms with van der Waals surface area (Å²) in [6, 6.07) is 7.73. The molecule has 2 aromatic heterocycles. The van der Waals surface area contributed by atoms with Crippen LogP contribution in [0.4, 0.5) is 5.13 Å².